The van der Waals surface area contributed by atoms with Gasteiger partial charge in [-0.05, 0) is 37.7 Å². The maximum absolute atomic E-state index is 12.9. The Morgan fingerprint density at radius 1 is 1.23 bits per heavy atom. The molecular formula is C18H21N7O. The fourth-order valence-corrected chi connectivity index (χ4v) is 3.73. The number of carbonyl (C=O) groups is 1. The number of hydrogen-bond donors (Lipinski definition) is 0. The van der Waals surface area contributed by atoms with Gasteiger partial charge in [-0.2, -0.15) is 0 Å². The molecule has 0 spiro atoms. The van der Waals surface area contributed by atoms with Gasteiger partial charge in [-0.3, -0.25) is 13.9 Å². The highest BCUT2D eigenvalue weighted by atomic mass is 16.2. The summed E-state index contributed by atoms with van der Waals surface area (Å²) in [6.45, 7) is 2.33. The minimum absolute atomic E-state index is 0.0162. The third-order valence-electron chi connectivity index (χ3n) is 5.26. The summed E-state index contributed by atoms with van der Waals surface area (Å²) in [6.07, 6.45) is 12.0. The van der Waals surface area contributed by atoms with Crippen LogP contribution in [0.1, 0.15) is 47.8 Å². The average molecular weight is 351 g/mol. The predicted molar refractivity (Wildman–Crippen MR) is 93.6 cm³/mol. The van der Waals surface area contributed by atoms with Crippen LogP contribution in [0.2, 0.25) is 0 Å². The van der Waals surface area contributed by atoms with E-state index in [9.17, 15) is 4.79 Å². The van der Waals surface area contributed by atoms with Crippen LogP contribution in [0.4, 0.5) is 0 Å². The van der Waals surface area contributed by atoms with Gasteiger partial charge in [-0.1, -0.05) is 5.21 Å². The van der Waals surface area contributed by atoms with Gasteiger partial charge in [0.2, 0.25) is 5.78 Å². The van der Waals surface area contributed by atoms with E-state index in [4.69, 9.17) is 0 Å². The Labute approximate surface area is 150 Å². The van der Waals surface area contributed by atoms with E-state index in [0.717, 1.165) is 38.2 Å². The first kappa shape index (κ1) is 15.5. The van der Waals surface area contributed by atoms with E-state index < -0.39 is 0 Å². The van der Waals surface area contributed by atoms with Crippen molar-refractivity contribution in [1.29, 1.82) is 0 Å². The molecule has 4 heterocycles. The zero-order chi connectivity index (χ0) is 17.5. The van der Waals surface area contributed by atoms with E-state index in [0.29, 0.717) is 23.3 Å². The second-order valence-electron chi connectivity index (χ2n) is 7.35. The zero-order valence-corrected chi connectivity index (χ0v) is 14.5. The lowest BCUT2D eigenvalue weighted by atomic mass is 9.98. The van der Waals surface area contributed by atoms with Crippen molar-refractivity contribution in [3.8, 4) is 0 Å². The lowest BCUT2D eigenvalue weighted by molar-refractivity contribution is 0.0654. The number of carbonyl (C=O) groups excluding carboxylic acids is 1. The summed E-state index contributed by atoms with van der Waals surface area (Å²) in [5, 5.41) is 8.55. The van der Waals surface area contributed by atoms with E-state index >= 15 is 0 Å². The third kappa shape index (κ3) is 2.95. The van der Waals surface area contributed by atoms with Gasteiger partial charge in [0.05, 0.1) is 5.69 Å². The van der Waals surface area contributed by atoms with E-state index in [1.807, 2.05) is 21.8 Å². The van der Waals surface area contributed by atoms with Crippen LogP contribution in [0.5, 0.6) is 0 Å². The maximum Gasteiger partial charge on any atom is 0.274 e. The minimum Gasteiger partial charge on any atom is -0.337 e. The maximum atomic E-state index is 12.9. The minimum atomic E-state index is -0.0162. The van der Waals surface area contributed by atoms with Gasteiger partial charge < -0.3 is 4.90 Å². The molecule has 1 amide bonds. The van der Waals surface area contributed by atoms with E-state index in [1.165, 1.54) is 12.8 Å². The molecule has 134 valence electrons. The van der Waals surface area contributed by atoms with Crippen LogP contribution in [0.15, 0.2) is 30.9 Å². The van der Waals surface area contributed by atoms with Crippen LogP contribution >= 0.6 is 0 Å². The molecule has 3 aromatic rings. The normalized spacial score (nSPS) is 20.6. The Balaban J connectivity index is 1.27. The van der Waals surface area contributed by atoms with Gasteiger partial charge in [0.1, 0.15) is 5.69 Å². The molecule has 3 aromatic heterocycles. The van der Waals surface area contributed by atoms with Crippen molar-refractivity contribution >= 4 is 11.7 Å². The molecule has 0 aromatic carbocycles. The van der Waals surface area contributed by atoms with E-state index in [-0.39, 0.29) is 5.91 Å². The highest BCUT2D eigenvalue weighted by Gasteiger charge is 2.29. The molecule has 26 heavy (non-hydrogen) atoms. The number of piperidine rings is 1. The van der Waals surface area contributed by atoms with E-state index in [1.54, 1.807) is 16.8 Å². The van der Waals surface area contributed by atoms with Crippen molar-refractivity contribution in [2.75, 3.05) is 13.1 Å². The molecule has 1 aliphatic carbocycles. The summed E-state index contributed by atoms with van der Waals surface area (Å²) in [4.78, 5) is 23.3. The highest BCUT2D eigenvalue weighted by Crippen LogP contribution is 2.38. The smallest absolute Gasteiger partial charge is 0.274 e. The van der Waals surface area contributed by atoms with Crippen LogP contribution in [-0.2, 0) is 6.54 Å². The first-order valence-electron chi connectivity index (χ1n) is 9.25. The number of imidazole rings is 1. The van der Waals surface area contributed by atoms with Gasteiger partial charge in [-0.15, -0.1) is 5.10 Å². The number of likely N-dealkylation sites (tertiary alicyclic amines) is 1. The van der Waals surface area contributed by atoms with Gasteiger partial charge in [0.15, 0.2) is 0 Å². The van der Waals surface area contributed by atoms with Gasteiger partial charge >= 0.3 is 0 Å². The Kier molecular flexibility index (Phi) is 3.69. The summed E-state index contributed by atoms with van der Waals surface area (Å²) in [5.74, 6) is 1.56. The molecule has 0 bridgehead atoms. The van der Waals surface area contributed by atoms with Crippen molar-refractivity contribution < 1.29 is 4.79 Å². The first-order valence-corrected chi connectivity index (χ1v) is 9.25. The van der Waals surface area contributed by atoms with Crippen LogP contribution in [0, 0.1) is 5.92 Å². The van der Waals surface area contributed by atoms with E-state index in [2.05, 4.69) is 26.5 Å². The largest absolute Gasteiger partial charge is 0.337 e. The van der Waals surface area contributed by atoms with Crippen molar-refractivity contribution in [2.24, 2.45) is 5.92 Å². The Morgan fingerprint density at radius 3 is 3.00 bits per heavy atom. The Bertz CT molecular complexity index is 909. The Hall–Kier alpha value is -2.77. The molecule has 2 aliphatic rings. The lowest BCUT2D eigenvalue weighted by Gasteiger charge is -2.32. The standard InChI is InChI=1S/C18H21N7O/c26-17(16-11-24-8-2-6-19-18(24)20-16)23-7-1-3-13(9-23)10-25-12-15(21-22-25)14-4-5-14/h2,6,8,11-14H,1,3-5,7,9-10H2. The number of amides is 1. The molecule has 2 fully saturated rings. The second-order valence-corrected chi connectivity index (χ2v) is 7.35. The summed E-state index contributed by atoms with van der Waals surface area (Å²) in [6, 6.07) is 1.83. The second kappa shape index (κ2) is 6.19. The summed E-state index contributed by atoms with van der Waals surface area (Å²) >= 11 is 0. The van der Waals surface area contributed by atoms with Crippen molar-refractivity contribution in [3.63, 3.8) is 0 Å². The van der Waals surface area contributed by atoms with Crippen molar-refractivity contribution in [2.45, 2.75) is 38.1 Å². The molecule has 1 aliphatic heterocycles. The van der Waals surface area contributed by atoms with Crippen LogP contribution < -0.4 is 0 Å². The summed E-state index contributed by atoms with van der Waals surface area (Å²) < 4.78 is 3.73. The quantitative estimate of drug-likeness (QED) is 0.715. The molecular weight excluding hydrogens is 330 g/mol. The van der Waals surface area contributed by atoms with Crippen molar-refractivity contribution in [3.05, 3.63) is 42.2 Å². The van der Waals surface area contributed by atoms with Crippen LogP contribution in [0.3, 0.4) is 0 Å². The summed E-state index contributed by atoms with van der Waals surface area (Å²) in [7, 11) is 0. The Morgan fingerprint density at radius 2 is 2.15 bits per heavy atom. The molecule has 1 atom stereocenters. The van der Waals surface area contributed by atoms with Crippen LogP contribution in [-0.4, -0.2) is 53.3 Å². The van der Waals surface area contributed by atoms with Gasteiger partial charge in [0, 0.05) is 50.3 Å². The number of rotatable bonds is 4. The van der Waals surface area contributed by atoms with Gasteiger partial charge in [-0.25, -0.2) is 9.97 Å². The predicted octanol–water partition coefficient (Wildman–Crippen LogP) is 1.75. The molecule has 8 nitrogen and oxygen atoms in total. The topological polar surface area (TPSA) is 81.2 Å². The molecule has 8 heteroatoms. The molecule has 0 N–H and O–H groups in total. The third-order valence-corrected chi connectivity index (χ3v) is 5.26. The lowest BCUT2D eigenvalue weighted by Crippen LogP contribution is -2.41. The van der Waals surface area contributed by atoms with Crippen LogP contribution in [0.25, 0.3) is 5.78 Å². The van der Waals surface area contributed by atoms with Crippen molar-refractivity contribution in [1.82, 2.24) is 34.3 Å². The zero-order valence-electron chi connectivity index (χ0n) is 14.5. The number of hydrogen-bond acceptors (Lipinski definition) is 5. The molecule has 1 unspecified atom stereocenters. The molecule has 1 saturated carbocycles. The number of aromatic nitrogens is 6. The SMILES string of the molecule is O=C(c1cn2cccnc2n1)N1CCCC(Cn2cc(C3CC3)nn2)C1. The average Bonchev–Trinajstić information content (AvgIpc) is 3.26. The number of nitrogens with zero attached hydrogens (tertiary/aromatic N) is 7. The summed E-state index contributed by atoms with van der Waals surface area (Å²) in [5.41, 5.74) is 1.58. The monoisotopic (exact) mass is 351 g/mol. The fraction of sp³-hybridized carbons (Fsp3) is 0.500. The van der Waals surface area contributed by atoms with Gasteiger partial charge in [0.25, 0.3) is 5.91 Å². The first-order chi connectivity index (χ1) is 12.8. The molecule has 0 radical (unpaired) electrons. The fourth-order valence-electron chi connectivity index (χ4n) is 3.73. The molecule has 1 saturated heterocycles. The highest BCUT2D eigenvalue weighted by molar-refractivity contribution is 5.92. The number of fused-ring (bicyclic) bond motifs is 1. The molecule has 5 rings (SSSR count).